The van der Waals surface area contributed by atoms with Crippen molar-refractivity contribution < 1.29 is 4.74 Å². The van der Waals surface area contributed by atoms with Crippen molar-refractivity contribution in [1.82, 2.24) is 4.90 Å². The van der Waals surface area contributed by atoms with Gasteiger partial charge >= 0.3 is 0 Å². The van der Waals surface area contributed by atoms with Crippen LogP contribution in [-0.2, 0) is 13.0 Å². The maximum Gasteiger partial charge on any atom is 0.127 e. The number of nitrogens with one attached hydrogen (secondary N) is 1. The molecule has 0 spiro atoms. The fourth-order valence-corrected chi connectivity index (χ4v) is 2.60. The molecule has 0 aromatic heterocycles. The second kappa shape index (κ2) is 6.26. The standard InChI is InChI=1S/C14H20ClN3O/c1-2-18(5-3-13(16)17)9-11-8-12(15)7-10-4-6-19-14(10)11/h7-8H,2-6,9H2,1H3,(H3,16,17). The summed E-state index contributed by atoms with van der Waals surface area (Å²) in [6.45, 7) is 5.32. The Labute approximate surface area is 119 Å². The zero-order valence-corrected chi connectivity index (χ0v) is 12.0. The van der Waals surface area contributed by atoms with Gasteiger partial charge in [-0.2, -0.15) is 0 Å². The molecule has 0 radical (unpaired) electrons. The average Bonchev–Trinajstić information content (AvgIpc) is 2.81. The average molecular weight is 282 g/mol. The molecule has 0 fully saturated rings. The smallest absolute Gasteiger partial charge is 0.127 e. The van der Waals surface area contributed by atoms with Crippen LogP contribution in [0.3, 0.4) is 0 Å². The van der Waals surface area contributed by atoms with Crippen LogP contribution in [-0.4, -0.2) is 30.4 Å². The molecule has 1 heterocycles. The molecule has 2 rings (SSSR count). The summed E-state index contributed by atoms with van der Waals surface area (Å²) >= 11 is 6.15. The Bertz CT molecular complexity index is 476. The number of fused-ring (bicyclic) bond motifs is 1. The normalized spacial score (nSPS) is 13.4. The molecule has 0 unspecified atom stereocenters. The minimum Gasteiger partial charge on any atom is -0.493 e. The number of amidine groups is 1. The SMILES string of the molecule is CCN(CCC(=N)N)Cc1cc(Cl)cc2c1OCC2. The van der Waals surface area contributed by atoms with Gasteiger partial charge in [-0.05, 0) is 24.2 Å². The molecular formula is C14H20ClN3O. The van der Waals surface area contributed by atoms with E-state index >= 15 is 0 Å². The van der Waals surface area contributed by atoms with Crippen LogP contribution in [0.2, 0.25) is 5.02 Å². The fraction of sp³-hybridized carbons (Fsp3) is 0.500. The summed E-state index contributed by atoms with van der Waals surface area (Å²) in [5.74, 6) is 1.22. The van der Waals surface area contributed by atoms with Gasteiger partial charge in [-0.25, -0.2) is 0 Å². The van der Waals surface area contributed by atoms with E-state index in [4.69, 9.17) is 27.5 Å². The minimum atomic E-state index is 0.228. The minimum absolute atomic E-state index is 0.228. The first-order valence-electron chi connectivity index (χ1n) is 6.59. The highest BCUT2D eigenvalue weighted by atomic mass is 35.5. The quantitative estimate of drug-likeness (QED) is 0.622. The van der Waals surface area contributed by atoms with E-state index in [-0.39, 0.29) is 5.84 Å². The van der Waals surface area contributed by atoms with Crippen molar-refractivity contribution in [2.24, 2.45) is 5.73 Å². The third-order valence-corrected chi connectivity index (χ3v) is 3.58. The van der Waals surface area contributed by atoms with Gasteiger partial charge in [0.2, 0.25) is 0 Å². The van der Waals surface area contributed by atoms with Crippen molar-refractivity contribution in [3.8, 4) is 5.75 Å². The topological polar surface area (TPSA) is 62.3 Å². The van der Waals surface area contributed by atoms with Gasteiger partial charge in [-0.1, -0.05) is 18.5 Å². The maximum atomic E-state index is 7.30. The summed E-state index contributed by atoms with van der Waals surface area (Å²) in [6.07, 6.45) is 1.53. The number of benzene rings is 1. The molecule has 0 bridgehead atoms. The predicted molar refractivity (Wildman–Crippen MR) is 78.1 cm³/mol. The van der Waals surface area contributed by atoms with E-state index in [0.29, 0.717) is 6.42 Å². The van der Waals surface area contributed by atoms with Crippen LogP contribution in [0.1, 0.15) is 24.5 Å². The lowest BCUT2D eigenvalue weighted by Gasteiger charge is -2.21. The van der Waals surface area contributed by atoms with Crippen molar-refractivity contribution in [2.45, 2.75) is 26.3 Å². The fourth-order valence-electron chi connectivity index (χ4n) is 2.33. The Morgan fingerprint density at radius 3 is 3.00 bits per heavy atom. The Balaban J connectivity index is 2.11. The van der Waals surface area contributed by atoms with Crippen LogP contribution in [0.15, 0.2) is 12.1 Å². The van der Waals surface area contributed by atoms with Gasteiger partial charge in [0.1, 0.15) is 5.75 Å². The van der Waals surface area contributed by atoms with Crippen LogP contribution in [0.5, 0.6) is 5.75 Å². The van der Waals surface area contributed by atoms with Gasteiger partial charge in [0.05, 0.1) is 12.4 Å². The lowest BCUT2D eigenvalue weighted by Crippen LogP contribution is -2.27. The lowest BCUT2D eigenvalue weighted by molar-refractivity contribution is 0.279. The van der Waals surface area contributed by atoms with Crippen molar-refractivity contribution in [2.75, 3.05) is 19.7 Å². The van der Waals surface area contributed by atoms with Crippen LogP contribution in [0.25, 0.3) is 0 Å². The van der Waals surface area contributed by atoms with Gasteiger partial charge in [0.25, 0.3) is 0 Å². The van der Waals surface area contributed by atoms with Crippen LogP contribution in [0, 0.1) is 5.41 Å². The van der Waals surface area contributed by atoms with E-state index in [2.05, 4.69) is 11.8 Å². The molecule has 1 aromatic rings. The first-order chi connectivity index (χ1) is 9.10. The van der Waals surface area contributed by atoms with Gasteiger partial charge in [0.15, 0.2) is 0 Å². The van der Waals surface area contributed by atoms with E-state index in [1.165, 1.54) is 5.56 Å². The van der Waals surface area contributed by atoms with Crippen LogP contribution < -0.4 is 10.5 Å². The molecule has 0 amide bonds. The van der Waals surface area contributed by atoms with Crippen molar-refractivity contribution in [3.63, 3.8) is 0 Å². The van der Waals surface area contributed by atoms with E-state index in [1.54, 1.807) is 0 Å². The second-order valence-electron chi connectivity index (χ2n) is 4.80. The molecule has 0 saturated heterocycles. The lowest BCUT2D eigenvalue weighted by atomic mass is 10.1. The molecule has 1 aromatic carbocycles. The third kappa shape index (κ3) is 3.61. The molecule has 0 saturated carbocycles. The zero-order valence-electron chi connectivity index (χ0n) is 11.2. The predicted octanol–water partition coefficient (Wildman–Crippen LogP) is 2.42. The van der Waals surface area contributed by atoms with Gasteiger partial charge in [0, 0.05) is 36.5 Å². The molecule has 104 valence electrons. The number of nitrogens with two attached hydrogens (primary N) is 1. The Morgan fingerprint density at radius 2 is 2.32 bits per heavy atom. The summed E-state index contributed by atoms with van der Waals surface area (Å²) in [5.41, 5.74) is 7.74. The largest absolute Gasteiger partial charge is 0.493 e. The summed E-state index contributed by atoms with van der Waals surface area (Å²) in [7, 11) is 0. The summed E-state index contributed by atoms with van der Waals surface area (Å²) in [5, 5.41) is 8.07. The molecule has 1 aliphatic rings. The van der Waals surface area contributed by atoms with E-state index < -0.39 is 0 Å². The summed E-state index contributed by atoms with van der Waals surface area (Å²) in [4.78, 5) is 2.25. The first-order valence-corrected chi connectivity index (χ1v) is 6.97. The highest BCUT2D eigenvalue weighted by Crippen LogP contribution is 2.33. The molecule has 19 heavy (non-hydrogen) atoms. The molecule has 0 atom stereocenters. The van der Waals surface area contributed by atoms with Crippen molar-refractivity contribution >= 4 is 17.4 Å². The third-order valence-electron chi connectivity index (χ3n) is 3.36. The number of nitrogens with zero attached hydrogens (tertiary/aromatic N) is 1. The van der Waals surface area contributed by atoms with Gasteiger partial charge < -0.3 is 10.5 Å². The van der Waals surface area contributed by atoms with Crippen molar-refractivity contribution in [3.05, 3.63) is 28.3 Å². The number of hydrogen-bond acceptors (Lipinski definition) is 3. The van der Waals surface area contributed by atoms with Crippen LogP contribution in [0.4, 0.5) is 0 Å². The van der Waals surface area contributed by atoms with Crippen LogP contribution >= 0.6 is 11.6 Å². The molecule has 5 heteroatoms. The van der Waals surface area contributed by atoms with E-state index in [0.717, 1.165) is 49.0 Å². The highest BCUT2D eigenvalue weighted by Gasteiger charge is 2.18. The second-order valence-corrected chi connectivity index (χ2v) is 5.23. The number of ether oxygens (including phenoxy) is 1. The molecule has 1 aliphatic heterocycles. The highest BCUT2D eigenvalue weighted by molar-refractivity contribution is 6.30. The number of rotatable bonds is 6. The van der Waals surface area contributed by atoms with Crippen molar-refractivity contribution in [1.29, 1.82) is 5.41 Å². The Hall–Kier alpha value is -1.26. The van der Waals surface area contributed by atoms with E-state index in [9.17, 15) is 0 Å². The van der Waals surface area contributed by atoms with E-state index in [1.807, 2.05) is 12.1 Å². The number of hydrogen-bond donors (Lipinski definition) is 2. The Morgan fingerprint density at radius 1 is 1.53 bits per heavy atom. The first kappa shape index (κ1) is 14.2. The summed E-state index contributed by atoms with van der Waals surface area (Å²) < 4.78 is 5.70. The molecule has 4 nitrogen and oxygen atoms in total. The monoisotopic (exact) mass is 281 g/mol. The number of halogens is 1. The zero-order chi connectivity index (χ0) is 13.8. The summed E-state index contributed by atoms with van der Waals surface area (Å²) in [6, 6.07) is 3.96. The Kier molecular flexibility index (Phi) is 4.66. The van der Waals surface area contributed by atoms with Gasteiger partial charge in [-0.3, -0.25) is 10.3 Å². The van der Waals surface area contributed by atoms with Gasteiger partial charge in [-0.15, -0.1) is 0 Å². The molecular weight excluding hydrogens is 262 g/mol. The molecule has 3 N–H and O–H groups in total. The maximum absolute atomic E-state index is 7.30. The molecule has 0 aliphatic carbocycles.